The van der Waals surface area contributed by atoms with Crippen molar-refractivity contribution in [3.05, 3.63) is 29.8 Å². The number of fused-ring (bicyclic) bond motifs is 1. The van der Waals surface area contributed by atoms with Crippen LogP contribution in [0.3, 0.4) is 0 Å². The fourth-order valence-electron chi connectivity index (χ4n) is 2.39. The number of carbonyl (C=O) groups excluding carboxylic acids is 2. The van der Waals surface area contributed by atoms with Crippen LogP contribution in [-0.2, 0) is 9.59 Å². The second-order valence-electron chi connectivity index (χ2n) is 5.05. The van der Waals surface area contributed by atoms with Gasteiger partial charge < -0.3 is 16.0 Å². The molecule has 5 heteroatoms. The average Bonchev–Trinajstić information content (AvgIpc) is 2.78. The number of nitrogens with one attached hydrogen (secondary N) is 1. The monoisotopic (exact) mass is 261 g/mol. The third-order valence-electron chi connectivity index (χ3n) is 3.36. The topological polar surface area (TPSA) is 75.4 Å². The second kappa shape index (κ2) is 5.30. The number of benzene rings is 1. The van der Waals surface area contributed by atoms with Crippen LogP contribution in [0.5, 0.6) is 0 Å². The molecule has 3 N–H and O–H groups in total. The minimum absolute atomic E-state index is 0.0326. The van der Waals surface area contributed by atoms with Crippen LogP contribution < -0.4 is 11.1 Å². The van der Waals surface area contributed by atoms with Crippen LogP contribution in [0.4, 0.5) is 5.69 Å². The van der Waals surface area contributed by atoms with Gasteiger partial charge in [-0.2, -0.15) is 0 Å². The van der Waals surface area contributed by atoms with E-state index in [0.29, 0.717) is 6.54 Å². The van der Waals surface area contributed by atoms with Gasteiger partial charge in [0.2, 0.25) is 11.8 Å². The van der Waals surface area contributed by atoms with E-state index in [1.54, 1.807) is 0 Å². The zero-order chi connectivity index (χ0) is 14.0. The number of nitrogens with zero attached hydrogens (tertiary/aromatic N) is 1. The molecule has 0 aromatic heterocycles. The first-order valence-corrected chi connectivity index (χ1v) is 6.42. The third-order valence-corrected chi connectivity index (χ3v) is 3.36. The largest absolute Gasteiger partial charge is 0.384 e. The molecule has 1 aliphatic heterocycles. The number of primary amides is 1. The van der Waals surface area contributed by atoms with Crippen LogP contribution in [-0.4, -0.2) is 35.8 Å². The summed E-state index contributed by atoms with van der Waals surface area (Å²) in [6, 6.07) is 7.70. The van der Waals surface area contributed by atoms with Gasteiger partial charge in [0.1, 0.15) is 0 Å². The molecule has 0 spiro atoms. The standard InChI is InChI=1S/C14H19N3O2/c1-9(2)17(8-13(15)18)14(19)11-7-16-12-6-4-3-5-10(11)12/h3-6,9,11,16H,7-8H2,1-2H3,(H2,15,18). The highest BCUT2D eigenvalue weighted by atomic mass is 16.2. The highest BCUT2D eigenvalue weighted by Crippen LogP contribution is 2.32. The van der Waals surface area contributed by atoms with Gasteiger partial charge in [0.05, 0.1) is 12.5 Å². The van der Waals surface area contributed by atoms with Gasteiger partial charge in [0.15, 0.2) is 0 Å². The van der Waals surface area contributed by atoms with Crippen LogP contribution >= 0.6 is 0 Å². The van der Waals surface area contributed by atoms with Gasteiger partial charge in [-0.05, 0) is 25.5 Å². The number of hydrogen-bond donors (Lipinski definition) is 2. The quantitative estimate of drug-likeness (QED) is 0.846. The van der Waals surface area contributed by atoms with E-state index < -0.39 is 5.91 Å². The molecule has 0 saturated heterocycles. The number of amides is 2. The van der Waals surface area contributed by atoms with Crippen LogP contribution in [0.2, 0.25) is 0 Å². The number of rotatable bonds is 4. The van der Waals surface area contributed by atoms with Gasteiger partial charge in [-0.3, -0.25) is 9.59 Å². The highest BCUT2D eigenvalue weighted by Gasteiger charge is 2.33. The predicted molar refractivity (Wildman–Crippen MR) is 73.7 cm³/mol. The zero-order valence-corrected chi connectivity index (χ0v) is 11.2. The molecule has 0 aliphatic carbocycles. The molecule has 102 valence electrons. The Kier molecular flexibility index (Phi) is 3.74. The van der Waals surface area contributed by atoms with E-state index in [0.717, 1.165) is 11.3 Å². The van der Waals surface area contributed by atoms with E-state index in [1.165, 1.54) is 4.90 Å². The normalized spacial score (nSPS) is 16.9. The lowest BCUT2D eigenvalue weighted by Gasteiger charge is -2.28. The molecule has 19 heavy (non-hydrogen) atoms. The van der Waals surface area contributed by atoms with Crippen molar-refractivity contribution in [3.8, 4) is 0 Å². The smallest absolute Gasteiger partial charge is 0.237 e. The summed E-state index contributed by atoms with van der Waals surface area (Å²) in [7, 11) is 0. The Morgan fingerprint density at radius 3 is 2.74 bits per heavy atom. The van der Waals surface area contributed by atoms with E-state index in [1.807, 2.05) is 38.1 Å². The molecule has 2 amide bonds. The van der Waals surface area contributed by atoms with Crippen LogP contribution in [0.1, 0.15) is 25.3 Å². The average molecular weight is 261 g/mol. The van der Waals surface area contributed by atoms with Crippen LogP contribution in [0.25, 0.3) is 0 Å². The summed E-state index contributed by atoms with van der Waals surface area (Å²) in [4.78, 5) is 25.2. The first-order chi connectivity index (χ1) is 9.00. The summed E-state index contributed by atoms with van der Waals surface area (Å²) in [5.74, 6) is -0.773. The van der Waals surface area contributed by atoms with Gasteiger partial charge in [-0.25, -0.2) is 0 Å². The van der Waals surface area contributed by atoms with Crippen LogP contribution in [0, 0.1) is 0 Å². The SMILES string of the molecule is CC(C)N(CC(N)=O)C(=O)C1CNc2ccccc21. The van der Waals surface area contributed by atoms with Gasteiger partial charge in [-0.15, -0.1) is 0 Å². The maximum atomic E-state index is 12.6. The van der Waals surface area contributed by atoms with Gasteiger partial charge >= 0.3 is 0 Å². The van der Waals surface area contributed by atoms with Crippen molar-refractivity contribution in [2.75, 3.05) is 18.4 Å². The molecule has 5 nitrogen and oxygen atoms in total. The summed E-state index contributed by atoms with van der Waals surface area (Å²) in [5.41, 5.74) is 7.19. The molecule has 2 rings (SSSR count). The van der Waals surface area contributed by atoms with Crippen molar-refractivity contribution in [2.24, 2.45) is 5.73 Å². The summed E-state index contributed by atoms with van der Waals surface area (Å²) < 4.78 is 0. The highest BCUT2D eigenvalue weighted by molar-refractivity contribution is 5.91. The van der Waals surface area contributed by atoms with Gasteiger partial charge in [0, 0.05) is 18.3 Å². The molecule has 0 radical (unpaired) electrons. The van der Waals surface area contributed by atoms with Gasteiger partial charge in [-0.1, -0.05) is 18.2 Å². The molecule has 0 fully saturated rings. The molecule has 0 bridgehead atoms. The lowest BCUT2D eigenvalue weighted by atomic mass is 9.99. The summed E-state index contributed by atoms with van der Waals surface area (Å²) in [5, 5.41) is 3.21. The number of anilines is 1. The van der Waals surface area contributed by atoms with Crippen molar-refractivity contribution in [1.29, 1.82) is 0 Å². The predicted octanol–water partition coefficient (Wildman–Crippen LogP) is 0.918. The fraction of sp³-hybridized carbons (Fsp3) is 0.429. The summed E-state index contributed by atoms with van der Waals surface area (Å²) in [6.45, 7) is 4.31. The molecule has 0 saturated carbocycles. The maximum Gasteiger partial charge on any atom is 0.237 e. The number of carbonyl (C=O) groups is 2. The Bertz CT molecular complexity index is 499. The van der Waals surface area contributed by atoms with Crippen molar-refractivity contribution < 1.29 is 9.59 Å². The molecule has 1 atom stereocenters. The maximum absolute atomic E-state index is 12.6. The first kappa shape index (κ1) is 13.4. The van der Waals surface area contributed by atoms with Crippen LogP contribution in [0.15, 0.2) is 24.3 Å². The first-order valence-electron chi connectivity index (χ1n) is 6.42. The molecule has 1 aromatic carbocycles. The van der Waals surface area contributed by atoms with E-state index in [-0.39, 0.29) is 24.4 Å². The number of para-hydroxylation sites is 1. The van der Waals surface area contributed by atoms with Crippen molar-refractivity contribution in [3.63, 3.8) is 0 Å². The lowest BCUT2D eigenvalue weighted by Crippen LogP contribution is -2.45. The molecular formula is C14H19N3O2. The third kappa shape index (κ3) is 2.70. The van der Waals surface area contributed by atoms with Crippen molar-refractivity contribution >= 4 is 17.5 Å². The molecule has 1 heterocycles. The second-order valence-corrected chi connectivity index (χ2v) is 5.05. The Morgan fingerprint density at radius 2 is 2.11 bits per heavy atom. The summed E-state index contributed by atoms with van der Waals surface area (Å²) >= 11 is 0. The Morgan fingerprint density at radius 1 is 1.42 bits per heavy atom. The minimum Gasteiger partial charge on any atom is -0.384 e. The van der Waals surface area contributed by atoms with Crippen molar-refractivity contribution in [2.45, 2.75) is 25.8 Å². The number of hydrogen-bond acceptors (Lipinski definition) is 3. The van der Waals surface area contributed by atoms with E-state index in [2.05, 4.69) is 5.32 Å². The minimum atomic E-state index is -0.485. The Balaban J connectivity index is 2.22. The van der Waals surface area contributed by atoms with Crippen molar-refractivity contribution in [1.82, 2.24) is 4.90 Å². The zero-order valence-electron chi connectivity index (χ0n) is 11.2. The molecule has 1 aromatic rings. The Hall–Kier alpha value is -2.04. The molecule has 1 aliphatic rings. The molecule has 1 unspecified atom stereocenters. The van der Waals surface area contributed by atoms with Gasteiger partial charge in [0.25, 0.3) is 0 Å². The number of nitrogens with two attached hydrogens (primary N) is 1. The summed E-state index contributed by atoms with van der Waals surface area (Å²) in [6.07, 6.45) is 0. The van der Waals surface area contributed by atoms with E-state index in [4.69, 9.17) is 5.73 Å². The lowest BCUT2D eigenvalue weighted by molar-refractivity contribution is -0.137. The Labute approximate surface area is 112 Å². The van der Waals surface area contributed by atoms with E-state index in [9.17, 15) is 9.59 Å². The van der Waals surface area contributed by atoms with E-state index >= 15 is 0 Å². The fourth-order valence-corrected chi connectivity index (χ4v) is 2.39. The molecular weight excluding hydrogens is 242 g/mol.